The van der Waals surface area contributed by atoms with E-state index in [1.165, 1.54) is 0 Å². The van der Waals surface area contributed by atoms with Gasteiger partial charge < -0.3 is 32.5 Å². The predicted molar refractivity (Wildman–Crippen MR) is 104 cm³/mol. The fraction of sp³-hybridized carbons (Fsp3) is 1.00. The van der Waals surface area contributed by atoms with Gasteiger partial charge >= 0.3 is 0 Å². The molecule has 0 bridgehead atoms. The Balaban J connectivity index is -0.0000000793. The first-order valence-electron chi connectivity index (χ1n) is 8.54. The van der Waals surface area contributed by atoms with Gasteiger partial charge in [0.05, 0.1) is 24.6 Å². The molecule has 6 unspecified atom stereocenters. The molecule has 0 heterocycles. The Hall–Kier alpha value is 0.274. The molecule has 0 aromatic heterocycles. The second-order valence-corrected chi connectivity index (χ2v) is 6.05. The van der Waals surface area contributed by atoms with Gasteiger partial charge in [0.15, 0.2) is 0 Å². The molecule has 0 spiro atoms. The predicted octanol–water partition coefficient (Wildman–Crippen LogP) is -1.46. The van der Waals surface area contributed by atoms with E-state index in [9.17, 15) is 0 Å². The van der Waals surface area contributed by atoms with Crippen molar-refractivity contribution in [1.29, 1.82) is 0 Å². The zero-order valence-electron chi connectivity index (χ0n) is 18.0. The molecule has 0 fully saturated rings. The zero-order chi connectivity index (χ0) is 21.9. The molecule has 0 amide bonds. The van der Waals surface area contributed by atoms with Gasteiger partial charge in [-0.15, -0.1) is 0 Å². The standard InChI is InChI=1S/3C4H12N2O.C3H8O2.Ti/c3*1-3(5)6-4(2)7;1-3(2)5-4;/h3*3-4,6-7H,5H2,1-2H3;3-4H,1-2H3;. The van der Waals surface area contributed by atoms with E-state index in [4.69, 9.17) is 37.8 Å². The van der Waals surface area contributed by atoms with Crippen LogP contribution in [0.4, 0.5) is 0 Å². The Morgan fingerprint density at radius 2 is 0.741 bits per heavy atom. The van der Waals surface area contributed by atoms with Gasteiger partial charge in [-0.3, -0.25) is 21.2 Å². The van der Waals surface area contributed by atoms with Crippen LogP contribution in [-0.4, -0.2) is 63.9 Å². The van der Waals surface area contributed by atoms with E-state index in [1.54, 1.807) is 55.4 Å². The summed E-state index contributed by atoms with van der Waals surface area (Å²) in [5.74, 6) is 0. The molecule has 0 aliphatic rings. The number of rotatable bonds is 7. The summed E-state index contributed by atoms with van der Waals surface area (Å²) in [5, 5.41) is 41.2. The van der Waals surface area contributed by atoms with Crippen LogP contribution >= 0.6 is 0 Å². The Labute approximate surface area is 179 Å². The quantitative estimate of drug-likeness (QED) is 0.0966. The maximum atomic E-state index is 8.53. The SMILES string of the molecule is CC(C)OO.CC(N)NC(C)O.CC(N)NC(C)O.CC(N)NC(C)O.[Ti]. The van der Waals surface area contributed by atoms with E-state index < -0.39 is 18.7 Å². The van der Waals surface area contributed by atoms with Crippen molar-refractivity contribution in [2.75, 3.05) is 0 Å². The van der Waals surface area contributed by atoms with Crippen molar-refractivity contribution in [3.8, 4) is 0 Å². The fourth-order valence-electron chi connectivity index (χ4n) is 1.14. The van der Waals surface area contributed by atoms with Gasteiger partial charge in [0.1, 0.15) is 18.7 Å². The van der Waals surface area contributed by atoms with Crippen LogP contribution in [0.15, 0.2) is 0 Å². The van der Waals surface area contributed by atoms with Crippen molar-refractivity contribution in [2.24, 2.45) is 17.2 Å². The van der Waals surface area contributed by atoms with Crippen molar-refractivity contribution in [1.82, 2.24) is 16.0 Å². The molecule has 0 aromatic carbocycles. The van der Waals surface area contributed by atoms with Gasteiger partial charge in [-0.1, -0.05) is 0 Å². The molecule has 0 aliphatic carbocycles. The van der Waals surface area contributed by atoms with Crippen molar-refractivity contribution >= 4 is 0 Å². The molecule has 0 saturated heterocycles. The summed E-state index contributed by atoms with van der Waals surface area (Å²) in [7, 11) is 0. The minimum atomic E-state index is -0.500. The number of aliphatic hydroxyl groups excluding tert-OH is 3. The van der Waals surface area contributed by atoms with E-state index >= 15 is 0 Å². The largest absolute Gasteiger partial charge is 0.379 e. The Kier molecular flexibility index (Phi) is 36.9. The molecule has 27 heavy (non-hydrogen) atoms. The topological polar surface area (TPSA) is 204 Å². The molecule has 0 radical (unpaired) electrons. The van der Waals surface area contributed by atoms with Crippen LogP contribution in [0.2, 0.25) is 0 Å². The van der Waals surface area contributed by atoms with Crippen LogP contribution in [0.5, 0.6) is 0 Å². The zero-order valence-corrected chi connectivity index (χ0v) is 19.5. The third-order valence-corrected chi connectivity index (χ3v) is 1.72. The molecule has 6 atom stereocenters. The van der Waals surface area contributed by atoms with Crippen LogP contribution < -0.4 is 33.2 Å². The normalized spacial score (nSPS) is 16.4. The first-order chi connectivity index (χ1) is 11.6. The summed E-state index contributed by atoms with van der Waals surface area (Å²) in [6, 6.07) is 0. The maximum absolute atomic E-state index is 8.53. The maximum Gasteiger partial charge on any atom is 0.103 e. The van der Waals surface area contributed by atoms with E-state index in [-0.39, 0.29) is 46.3 Å². The fourth-order valence-corrected chi connectivity index (χ4v) is 1.14. The molecular weight excluding hydrogens is 392 g/mol. The van der Waals surface area contributed by atoms with Gasteiger partial charge in [-0.25, -0.2) is 4.89 Å². The van der Waals surface area contributed by atoms with Crippen LogP contribution in [0, 0.1) is 0 Å². The molecule has 0 rings (SSSR count). The van der Waals surface area contributed by atoms with Crippen molar-refractivity contribution in [2.45, 2.75) is 98.7 Å². The van der Waals surface area contributed by atoms with E-state index in [0.717, 1.165) is 0 Å². The number of hydrogen-bond donors (Lipinski definition) is 10. The number of nitrogens with one attached hydrogen (secondary N) is 3. The van der Waals surface area contributed by atoms with Gasteiger partial charge in [0, 0.05) is 21.7 Å². The minimum absolute atomic E-state index is 0. The summed E-state index contributed by atoms with van der Waals surface area (Å²) in [6.07, 6.45) is -1.94. The molecule has 12 heteroatoms. The average Bonchev–Trinajstić information content (AvgIpc) is 2.35. The van der Waals surface area contributed by atoms with Crippen LogP contribution in [-0.2, 0) is 26.6 Å². The third-order valence-electron chi connectivity index (χ3n) is 1.72. The molecule has 0 aromatic rings. The molecule has 168 valence electrons. The summed E-state index contributed by atoms with van der Waals surface area (Å²) in [4.78, 5) is 3.75. The van der Waals surface area contributed by atoms with Crippen LogP contribution in [0.25, 0.3) is 0 Å². The summed E-state index contributed by atoms with van der Waals surface area (Å²) in [5.41, 5.74) is 15.7. The first kappa shape index (κ1) is 37.9. The molecule has 13 N–H and O–H groups in total. The number of aliphatic hydroxyl groups is 3. The van der Waals surface area contributed by atoms with Crippen molar-refractivity contribution < 1.29 is 47.2 Å². The second-order valence-electron chi connectivity index (χ2n) is 6.05. The smallest absolute Gasteiger partial charge is 0.103 e. The van der Waals surface area contributed by atoms with E-state index in [0.29, 0.717) is 0 Å². The Bertz CT molecular complexity index is 210. The van der Waals surface area contributed by atoms with Crippen molar-refractivity contribution in [3.05, 3.63) is 0 Å². The third kappa shape index (κ3) is 76.0. The summed E-state index contributed by atoms with van der Waals surface area (Å²) >= 11 is 0. The molecule has 0 saturated carbocycles. The van der Waals surface area contributed by atoms with Gasteiger partial charge in [0.25, 0.3) is 0 Å². The number of hydrogen-bond acceptors (Lipinski definition) is 11. The average molecular weight is 436 g/mol. The van der Waals surface area contributed by atoms with Gasteiger partial charge in [0.2, 0.25) is 0 Å². The van der Waals surface area contributed by atoms with Crippen molar-refractivity contribution in [3.63, 3.8) is 0 Å². The van der Waals surface area contributed by atoms with Crippen LogP contribution in [0.1, 0.15) is 55.4 Å². The van der Waals surface area contributed by atoms with Gasteiger partial charge in [-0.05, 0) is 55.4 Å². The monoisotopic (exact) mass is 436 g/mol. The van der Waals surface area contributed by atoms with E-state index in [2.05, 4.69) is 20.8 Å². The van der Waals surface area contributed by atoms with E-state index in [1.807, 2.05) is 0 Å². The Morgan fingerprint density at radius 3 is 0.741 bits per heavy atom. The Morgan fingerprint density at radius 1 is 0.593 bits per heavy atom. The summed E-state index contributed by atoms with van der Waals surface area (Å²) < 4.78 is 0. The summed E-state index contributed by atoms with van der Waals surface area (Å²) in [6.45, 7) is 13.7. The van der Waals surface area contributed by atoms with Gasteiger partial charge in [-0.2, -0.15) is 0 Å². The van der Waals surface area contributed by atoms with Crippen LogP contribution in [0.3, 0.4) is 0 Å². The second kappa shape index (κ2) is 26.3. The number of nitrogens with two attached hydrogens (primary N) is 3. The minimum Gasteiger partial charge on any atom is -0.379 e. The molecule has 0 aliphatic heterocycles. The first-order valence-corrected chi connectivity index (χ1v) is 8.54. The molecule has 11 nitrogen and oxygen atoms in total. The molecular formula is C15H44N6O5Ti.